The average Bonchev–Trinajstić information content (AvgIpc) is 3.36. The Hall–Kier alpha value is -3.06. The van der Waals surface area contributed by atoms with Crippen molar-refractivity contribution in [1.82, 2.24) is 20.2 Å². The van der Waals surface area contributed by atoms with Gasteiger partial charge in [-0.15, -0.1) is 0 Å². The Morgan fingerprint density at radius 2 is 1.96 bits per heavy atom. The first-order valence-electron chi connectivity index (χ1n) is 9.62. The molecule has 1 atom stereocenters. The minimum absolute atomic E-state index is 0.187. The molecule has 28 heavy (non-hydrogen) atoms. The highest BCUT2D eigenvalue weighted by atomic mass is 16.5. The van der Waals surface area contributed by atoms with Crippen LogP contribution in [0.5, 0.6) is 5.75 Å². The lowest BCUT2D eigenvalue weighted by Crippen LogP contribution is -2.36. The number of hydrogen-bond acceptors (Lipinski definition) is 5. The smallest absolute Gasteiger partial charge is 0.329 e. The molecule has 0 aliphatic carbocycles. The predicted molar refractivity (Wildman–Crippen MR) is 110 cm³/mol. The molecule has 4 rings (SSSR count). The van der Waals surface area contributed by atoms with Gasteiger partial charge in [-0.05, 0) is 37.7 Å². The molecule has 0 radical (unpaired) electrons. The van der Waals surface area contributed by atoms with Crippen LogP contribution in [0.25, 0.3) is 11.0 Å². The van der Waals surface area contributed by atoms with Gasteiger partial charge >= 0.3 is 6.03 Å². The highest BCUT2D eigenvalue weighted by Crippen LogP contribution is 2.25. The van der Waals surface area contributed by atoms with Gasteiger partial charge in [0, 0.05) is 19.1 Å². The first-order chi connectivity index (χ1) is 13.8. The highest BCUT2D eigenvalue weighted by molar-refractivity contribution is 5.93. The number of rotatable bonds is 6. The molecule has 0 spiro atoms. The Kier molecular flexibility index (Phi) is 5.43. The van der Waals surface area contributed by atoms with Crippen LogP contribution in [0.4, 0.5) is 10.7 Å². The molecule has 3 aromatic rings. The molecule has 2 N–H and O–H groups in total. The Labute approximate surface area is 164 Å². The molecule has 1 aliphatic heterocycles. The normalized spacial score (nSPS) is 16.5. The summed E-state index contributed by atoms with van der Waals surface area (Å²) in [7, 11) is 1.97. The lowest BCUT2D eigenvalue weighted by Gasteiger charge is -2.19. The maximum absolute atomic E-state index is 13.0. The van der Waals surface area contributed by atoms with E-state index < -0.39 is 0 Å². The molecule has 7 nitrogen and oxygen atoms in total. The summed E-state index contributed by atoms with van der Waals surface area (Å²) in [5.41, 5.74) is 1.63. The molecule has 1 aliphatic rings. The van der Waals surface area contributed by atoms with E-state index in [2.05, 4.69) is 15.5 Å². The number of anilines is 1. The van der Waals surface area contributed by atoms with Crippen molar-refractivity contribution in [2.75, 3.05) is 38.2 Å². The highest BCUT2D eigenvalue weighted by Gasteiger charge is 2.27. The van der Waals surface area contributed by atoms with Crippen LogP contribution in [0.1, 0.15) is 6.42 Å². The molecule has 1 amide bonds. The van der Waals surface area contributed by atoms with Gasteiger partial charge < -0.3 is 20.3 Å². The van der Waals surface area contributed by atoms with E-state index in [1.807, 2.05) is 61.6 Å². The Morgan fingerprint density at radius 3 is 2.75 bits per heavy atom. The zero-order valence-electron chi connectivity index (χ0n) is 16.0. The number of ether oxygens (including phenoxy) is 1. The second-order valence-electron chi connectivity index (χ2n) is 6.85. The zero-order chi connectivity index (χ0) is 19.3. The van der Waals surface area contributed by atoms with Crippen molar-refractivity contribution in [2.24, 2.45) is 0 Å². The standard InChI is InChI=1S/C21H25N5O2/c1-22-16-11-13-25(15-16)20-24-18-9-5-6-10-19(18)26(20)21(27)23-12-14-28-17-7-3-2-4-8-17/h2-10,16,22H,11-15H2,1H3,(H,23,27). The molecular weight excluding hydrogens is 354 g/mol. The van der Waals surface area contributed by atoms with E-state index in [1.54, 1.807) is 4.57 Å². The van der Waals surface area contributed by atoms with Gasteiger partial charge in [0.2, 0.25) is 5.95 Å². The molecule has 2 heterocycles. The second kappa shape index (κ2) is 8.31. The number of para-hydroxylation sites is 3. The van der Waals surface area contributed by atoms with Crippen LogP contribution >= 0.6 is 0 Å². The second-order valence-corrected chi connectivity index (χ2v) is 6.85. The summed E-state index contributed by atoms with van der Waals surface area (Å²) < 4.78 is 7.34. The van der Waals surface area contributed by atoms with Gasteiger partial charge in [-0.3, -0.25) is 0 Å². The Morgan fingerprint density at radius 1 is 1.18 bits per heavy atom. The van der Waals surface area contributed by atoms with Crippen LogP contribution < -0.4 is 20.3 Å². The number of hydrogen-bond donors (Lipinski definition) is 2. The predicted octanol–water partition coefficient (Wildman–Crippen LogP) is 2.47. The number of benzene rings is 2. The number of amides is 1. The van der Waals surface area contributed by atoms with Gasteiger partial charge in [0.1, 0.15) is 12.4 Å². The van der Waals surface area contributed by atoms with Crippen molar-refractivity contribution >= 4 is 23.0 Å². The number of carbonyl (C=O) groups is 1. The van der Waals surface area contributed by atoms with E-state index >= 15 is 0 Å². The van der Waals surface area contributed by atoms with E-state index in [0.29, 0.717) is 25.1 Å². The van der Waals surface area contributed by atoms with E-state index in [0.717, 1.165) is 36.3 Å². The monoisotopic (exact) mass is 379 g/mol. The van der Waals surface area contributed by atoms with Crippen LogP contribution in [-0.4, -0.2) is 54.9 Å². The summed E-state index contributed by atoms with van der Waals surface area (Å²) >= 11 is 0. The molecule has 1 fully saturated rings. The van der Waals surface area contributed by atoms with Crippen molar-refractivity contribution < 1.29 is 9.53 Å². The number of carbonyl (C=O) groups excluding carboxylic acids is 1. The topological polar surface area (TPSA) is 71.4 Å². The molecule has 1 unspecified atom stereocenters. The third kappa shape index (κ3) is 3.80. The molecule has 146 valence electrons. The molecule has 7 heteroatoms. The molecule has 0 bridgehead atoms. The van der Waals surface area contributed by atoms with Crippen molar-refractivity contribution in [3.63, 3.8) is 0 Å². The third-order valence-corrected chi connectivity index (χ3v) is 5.02. The Balaban J connectivity index is 1.48. The van der Waals surface area contributed by atoms with E-state index in [-0.39, 0.29) is 6.03 Å². The van der Waals surface area contributed by atoms with Gasteiger partial charge in [0.25, 0.3) is 0 Å². The van der Waals surface area contributed by atoms with Gasteiger partial charge in [-0.25, -0.2) is 14.3 Å². The number of imidazole rings is 1. The van der Waals surface area contributed by atoms with Crippen LogP contribution in [0.3, 0.4) is 0 Å². The van der Waals surface area contributed by atoms with E-state index in [9.17, 15) is 4.79 Å². The summed E-state index contributed by atoms with van der Waals surface area (Å²) in [6.07, 6.45) is 1.03. The minimum atomic E-state index is -0.187. The number of fused-ring (bicyclic) bond motifs is 1. The molecule has 2 aromatic carbocycles. The minimum Gasteiger partial charge on any atom is -0.492 e. The largest absolute Gasteiger partial charge is 0.492 e. The van der Waals surface area contributed by atoms with Crippen molar-refractivity contribution in [2.45, 2.75) is 12.5 Å². The summed E-state index contributed by atoms with van der Waals surface area (Å²) in [5, 5.41) is 6.26. The van der Waals surface area contributed by atoms with Crippen LogP contribution in [0.2, 0.25) is 0 Å². The van der Waals surface area contributed by atoms with Crippen LogP contribution in [0.15, 0.2) is 54.6 Å². The first-order valence-corrected chi connectivity index (χ1v) is 9.62. The van der Waals surface area contributed by atoms with Crippen molar-refractivity contribution in [3.05, 3.63) is 54.6 Å². The summed E-state index contributed by atoms with van der Waals surface area (Å²) in [4.78, 5) is 19.9. The molecule has 0 saturated carbocycles. The molecule has 1 aromatic heterocycles. The number of likely N-dealkylation sites (N-methyl/N-ethyl adjacent to an activating group) is 1. The van der Waals surface area contributed by atoms with Gasteiger partial charge in [0.15, 0.2) is 0 Å². The van der Waals surface area contributed by atoms with Crippen molar-refractivity contribution in [3.8, 4) is 5.75 Å². The third-order valence-electron chi connectivity index (χ3n) is 5.02. The molecular formula is C21H25N5O2. The fraction of sp³-hybridized carbons (Fsp3) is 0.333. The van der Waals surface area contributed by atoms with E-state index in [4.69, 9.17) is 9.72 Å². The fourth-order valence-electron chi connectivity index (χ4n) is 3.53. The summed E-state index contributed by atoms with van der Waals surface area (Å²) in [6.45, 7) is 2.53. The lowest BCUT2D eigenvalue weighted by atomic mass is 10.3. The van der Waals surface area contributed by atoms with Crippen molar-refractivity contribution in [1.29, 1.82) is 0 Å². The maximum Gasteiger partial charge on any atom is 0.329 e. The number of nitrogens with zero attached hydrogens (tertiary/aromatic N) is 3. The quantitative estimate of drug-likeness (QED) is 0.644. The van der Waals surface area contributed by atoms with E-state index in [1.165, 1.54) is 0 Å². The van der Waals surface area contributed by atoms with Crippen LogP contribution in [-0.2, 0) is 0 Å². The number of aromatic nitrogens is 2. The van der Waals surface area contributed by atoms with Gasteiger partial charge in [0.05, 0.1) is 17.6 Å². The lowest BCUT2D eigenvalue weighted by molar-refractivity contribution is 0.239. The molecule has 1 saturated heterocycles. The average molecular weight is 379 g/mol. The Bertz CT molecular complexity index is 940. The first kappa shape index (κ1) is 18.3. The van der Waals surface area contributed by atoms with Crippen LogP contribution in [0, 0.1) is 0 Å². The van der Waals surface area contributed by atoms with Gasteiger partial charge in [-0.1, -0.05) is 30.3 Å². The fourth-order valence-corrected chi connectivity index (χ4v) is 3.53. The maximum atomic E-state index is 13.0. The summed E-state index contributed by atoms with van der Waals surface area (Å²) in [5.74, 6) is 1.49. The summed E-state index contributed by atoms with van der Waals surface area (Å²) in [6, 6.07) is 17.5. The SMILES string of the molecule is CNC1CCN(c2nc3ccccc3n2C(=O)NCCOc2ccccc2)C1. The number of nitrogens with one attached hydrogen (secondary N) is 2. The van der Waals surface area contributed by atoms with Gasteiger partial charge in [-0.2, -0.15) is 0 Å². The zero-order valence-corrected chi connectivity index (χ0v) is 16.0.